The van der Waals surface area contributed by atoms with Crippen molar-refractivity contribution < 1.29 is 125 Å². The van der Waals surface area contributed by atoms with E-state index in [9.17, 15) is 63.9 Å². The van der Waals surface area contributed by atoms with Crippen molar-refractivity contribution in [2.75, 3.05) is 0 Å². The summed E-state index contributed by atoms with van der Waals surface area (Å²) in [5.74, 6) is -6.91. The number of carbonyl (C=O) groups excluding carboxylic acids is 4. The van der Waals surface area contributed by atoms with Crippen LogP contribution in [0, 0.1) is 0 Å². The summed E-state index contributed by atoms with van der Waals surface area (Å²) in [4.78, 5) is 103. The zero-order valence-corrected chi connectivity index (χ0v) is 66.7. The van der Waals surface area contributed by atoms with E-state index in [1.54, 1.807) is 54.6 Å². The summed E-state index contributed by atoms with van der Waals surface area (Å²) < 4.78 is 86.4. The van der Waals surface area contributed by atoms with E-state index in [1.807, 2.05) is 182 Å². The van der Waals surface area contributed by atoms with Crippen molar-refractivity contribution in [3.63, 3.8) is 0 Å². The predicted molar refractivity (Wildman–Crippen MR) is 446 cm³/mol. The molecule has 0 spiro atoms. The van der Waals surface area contributed by atoms with Crippen molar-refractivity contribution in [3.8, 4) is 57.1 Å². The molecular weight excluding hydrogens is 1600 g/mol. The Bertz CT molecular complexity index is 5720. The van der Waals surface area contributed by atoms with Crippen LogP contribution in [0.4, 0.5) is 0 Å². The molecule has 10 unspecified atom stereocenters. The molecule has 2 aliphatic heterocycles. The SMILES string of the molecule is O=C(CCCCC(=O)Oc1c(-c2ccc(OC3OC(C(=O)OCc4ccccc4)C(OCc4ccccc4)C(OCc4ccccc4)C3OCc3ccccc3)c(OCc3ccccc3)c2)oc2ccccc2c1=O)OCc1ccccc1.O=C(O)CCCCC(=O)Oc1c(-c2ccc(OC3OC(C(=O)O)C(O)C(O)C3O)c(O)c2)oc2ccccc2c1=O. The quantitative estimate of drug-likeness (QED) is 0.0157. The number of aliphatic hydroxyl groups is 3. The van der Waals surface area contributed by atoms with Crippen LogP contribution in [0.3, 0.4) is 0 Å². The van der Waals surface area contributed by atoms with Crippen LogP contribution in [-0.2, 0) is 102 Å². The number of aliphatic carboxylic acids is 2. The Balaban J connectivity index is 0.000000269. The van der Waals surface area contributed by atoms with Gasteiger partial charge in [0.05, 0.1) is 30.6 Å². The number of carboxylic acids is 2. The van der Waals surface area contributed by atoms with E-state index in [-0.39, 0.29) is 140 Å². The zero-order chi connectivity index (χ0) is 86.9. The maximum atomic E-state index is 14.7. The Morgan fingerprint density at radius 2 is 0.750 bits per heavy atom. The van der Waals surface area contributed by atoms with Gasteiger partial charge in [-0.1, -0.05) is 206 Å². The lowest BCUT2D eigenvalue weighted by Crippen LogP contribution is -2.63. The fourth-order valence-electron chi connectivity index (χ4n) is 13.5. The first-order chi connectivity index (χ1) is 60.3. The fourth-order valence-corrected chi connectivity index (χ4v) is 13.5. The molecule has 28 nitrogen and oxygen atoms in total. The molecule has 2 aromatic heterocycles. The van der Waals surface area contributed by atoms with Gasteiger partial charge >= 0.3 is 35.8 Å². The Labute approximate surface area is 709 Å². The molecule has 4 heterocycles. The molecule has 28 heteroatoms. The van der Waals surface area contributed by atoms with Crippen molar-refractivity contribution in [1.82, 2.24) is 0 Å². The topological polar surface area (TPSA) is 395 Å². The highest BCUT2D eigenvalue weighted by molar-refractivity contribution is 5.87. The number of fused-ring (bicyclic) bond motifs is 2. The lowest BCUT2D eigenvalue weighted by molar-refractivity contribution is -0.302. The van der Waals surface area contributed by atoms with Gasteiger partial charge in [0, 0.05) is 36.8 Å². The number of carbonyl (C=O) groups is 6. The molecule has 14 rings (SSSR count). The normalized spacial score (nSPS) is 18.5. The van der Waals surface area contributed by atoms with Gasteiger partial charge in [-0.05, 0) is 120 Å². The molecule has 6 N–H and O–H groups in total. The number of unbranched alkanes of at least 4 members (excludes halogenated alkanes) is 2. The second kappa shape index (κ2) is 43.2. The largest absolute Gasteiger partial charge is 0.504 e. The van der Waals surface area contributed by atoms with Gasteiger partial charge in [-0.15, -0.1) is 0 Å². The maximum Gasteiger partial charge on any atom is 0.338 e. The number of phenols is 1. The standard InChI is InChI=1S/C69H62O14.C27H26O14/c70-59(75-43-49-25-9-2-10-26-49)37-21-22-38-60(71)82-63-61(72)55-35-19-20-36-56(55)80-62(63)54-39-40-57(58(41-54)74-42-48-23-7-1-8-24-48)81-69-67(78-46-52-31-15-5-16-32-52)65(77-45-51-29-13-4-14-30-51)64(76-44-50-27-11-3-12-28-50)66(83-69)68(73)79-47-53-33-17-6-18-34-53;28-14-11-12(9-10-16(14)39-27-22(35)20(33)21(34)25(41-27)26(36)37)23-24(40-18(31)8-4-3-7-17(29)30)19(32)13-5-1-2-6-15(13)38-23/h1-20,23-36,39-41,64-67,69H,21-22,37-38,42-47H2;1-2,5-6,9-11,20-22,25,27-28,33-35H,3-4,7-8H2,(H,29,30)(H,36,37). The molecule has 0 radical (unpaired) electrons. The number of aliphatic hydroxyl groups excluding tert-OH is 3. The summed E-state index contributed by atoms with van der Waals surface area (Å²) in [6.07, 6.45) is -14.7. The molecule has 10 atom stereocenters. The van der Waals surface area contributed by atoms with Crippen molar-refractivity contribution in [3.05, 3.63) is 321 Å². The van der Waals surface area contributed by atoms with Crippen LogP contribution in [0.1, 0.15) is 84.7 Å². The summed E-state index contributed by atoms with van der Waals surface area (Å²) in [5, 5.41) is 58.9. The minimum Gasteiger partial charge on any atom is -0.504 e. The van der Waals surface area contributed by atoms with E-state index in [0.717, 1.165) is 39.4 Å². The highest BCUT2D eigenvalue weighted by Crippen LogP contribution is 2.43. The van der Waals surface area contributed by atoms with E-state index in [0.29, 0.717) is 18.4 Å². The van der Waals surface area contributed by atoms with Crippen LogP contribution < -0.4 is 34.5 Å². The first-order valence-corrected chi connectivity index (χ1v) is 40.0. The fraction of sp³-hybridized carbons (Fsp3) is 0.250. The van der Waals surface area contributed by atoms with E-state index in [1.165, 1.54) is 24.3 Å². The molecular formula is C96H88O28. The van der Waals surface area contributed by atoms with Gasteiger partial charge in [0.2, 0.25) is 34.9 Å². The maximum absolute atomic E-state index is 14.7. The van der Waals surface area contributed by atoms with Crippen LogP contribution in [0.2, 0.25) is 0 Å². The van der Waals surface area contributed by atoms with E-state index < -0.39 is 120 Å². The summed E-state index contributed by atoms with van der Waals surface area (Å²) in [6, 6.07) is 78.3. The van der Waals surface area contributed by atoms with Crippen molar-refractivity contribution in [2.24, 2.45) is 0 Å². The van der Waals surface area contributed by atoms with Crippen LogP contribution >= 0.6 is 0 Å². The van der Waals surface area contributed by atoms with Crippen LogP contribution in [0.25, 0.3) is 44.6 Å². The van der Waals surface area contributed by atoms with Gasteiger partial charge in [-0.3, -0.25) is 28.8 Å². The number of hydrogen-bond acceptors (Lipinski definition) is 26. The van der Waals surface area contributed by atoms with Gasteiger partial charge < -0.3 is 96.3 Å². The second-order valence-corrected chi connectivity index (χ2v) is 29.0. The summed E-state index contributed by atoms with van der Waals surface area (Å²) >= 11 is 0. The Hall–Kier alpha value is -13.7. The monoisotopic (exact) mass is 1690 g/mol. The van der Waals surface area contributed by atoms with E-state index >= 15 is 0 Å². The minimum atomic E-state index is -1.94. The average molecular weight is 1690 g/mol. The third-order valence-corrected chi connectivity index (χ3v) is 20.0. The molecule has 2 fully saturated rings. The van der Waals surface area contributed by atoms with Gasteiger partial charge in [-0.2, -0.15) is 0 Å². The van der Waals surface area contributed by atoms with Crippen LogP contribution in [0.15, 0.2) is 285 Å². The molecule has 0 bridgehead atoms. The second-order valence-electron chi connectivity index (χ2n) is 29.0. The number of esters is 4. The molecule has 124 heavy (non-hydrogen) atoms. The van der Waals surface area contributed by atoms with Crippen molar-refractivity contribution in [1.29, 1.82) is 0 Å². The molecule has 640 valence electrons. The number of carboxylic acid groups (broad SMARTS) is 2. The number of hydrogen-bond donors (Lipinski definition) is 6. The number of benzene rings is 10. The van der Waals surface area contributed by atoms with Gasteiger partial charge in [0.1, 0.15) is 67.6 Å². The number of ether oxygens (including phenoxy) is 12. The zero-order valence-electron chi connectivity index (χ0n) is 66.7. The molecule has 10 aromatic carbocycles. The molecule has 0 saturated carbocycles. The minimum absolute atomic E-state index is 0.0466. The first-order valence-electron chi connectivity index (χ1n) is 40.0. The Morgan fingerprint density at radius 3 is 1.23 bits per heavy atom. The highest BCUT2D eigenvalue weighted by atomic mass is 16.7. The predicted octanol–water partition coefficient (Wildman–Crippen LogP) is 13.8. The van der Waals surface area contributed by atoms with Crippen LogP contribution in [0.5, 0.6) is 34.5 Å². The van der Waals surface area contributed by atoms with Gasteiger partial charge in [0.15, 0.2) is 46.7 Å². The number of phenolic OH excluding ortho intramolecular Hbond substituents is 1. The molecule has 0 amide bonds. The number of rotatable bonds is 36. The third-order valence-electron chi connectivity index (χ3n) is 20.0. The van der Waals surface area contributed by atoms with E-state index in [2.05, 4.69) is 0 Å². The van der Waals surface area contributed by atoms with Crippen molar-refractivity contribution in [2.45, 2.75) is 152 Å². The smallest absolute Gasteiger partial charge is 0.338 e. The van der Waals surface area contributed by atoms with Crippen LogP contribution in [-0.4, -0.2) is 128 Å². The molecule has 12 aromatic rings. The Morgan fingerprint density at radius 1 is 0.355 bits per heavy atom. The summed E-state index contributed by atoms with van der Waals surface area (Å²) in [5.41, 5.74) is 4.53. The molecule has 0 aliphatic carbocycles. The van der Waals surface area contributed by atoms with E-state index in [4.69, 9.17) is 70.8 Å². The summed E-state index contributed by atoms with van der Waals surface area (Å²) in [6.45, 7) is 0.452. The lowest BCUT2D eigenvalue weighted by Gasteiger charge is -2.45. The first kappa shape index (κ1) is 88.1. The Kier molecular flexibility index (Phi) is 30.7. The van der Waals surface area contributed by atoms with Gasteiger partial charge in [0.25, 0.3) is 0 Å². The highest BCUT2D eigenvalue weighted by Gasteiger charge is 2.54. The number of aromatic hydroxyl groups is 1. The average Bonchev–Trinajstić information content (AvgIpc) is 0.774. The summed E-state index contributed by atoms with van der Waals surface area (Å²) in [7, 11) is 0. The molecule has 2 saturated heterocycles. The van der Waals surface area contributed by atoms with Crippen molar-refractivity contribution >= 4 is 57.8 Å². The van der Waals surface area contributed by atoms with Gasteiger partial charge in [-0.25, -0.2) is 9.59 Å². The number of para-hydroxylation sites is 2. The lowest BCUT2D eigenvalue weighted by atomic mass is 9.97. The molecule has 2 aliphatic rings. The third kappa shape index (κ3) is 23.5.